The van der Waals surface area contributed by atoms with Gasteiger partial charge in [-0.2, -0.15) is 0 Å². The smallest absolute Gasteiger partial charge is 0.258 e. The van der Waals surface area contributed by atoms with Gasteiger partial charge in [0.1, 0.15) is 5.82 Å². The molecule has 2 rings (SSSR count). The SMILES string of the molecule is Cc1ncc(S(=O)(=O)NC(C)c2ccccc2Cl)[nH]1. The Morgan fingerprint density at radius 3 is 2.63 bits per heavy atom. The average Bonchev–Trinajstić information content (AvgIpc) is 2.76. The third-order valence-electron chi connectivity index (χ3n) is 2.67. The van der Waals surface area contributed by atoms with Crippen LogP contribution in [0.15, 0.2) is 35.5 Å². The lowest BCUT2D eigenvalue weighted by molar-refractivity contribution is 0.563. The number of benzene rings is 1. The van der Waals surface area contributed by atoms with Crippen LogP contribution in [-0.4, -0.2) is 18.4 Å². The van der Waals surface area contributed by atoms with Gasteiger partial charge in [0.15, 0.2) is 5.03 Å². The molecule has 0 aliphatic carbocycles. The second-order valence-corrected chi connectivity index (χ2v) is 6.29. The summed E-state index contributed by atoms with van der Waals surface area (Å²) in [7, 11) is -3.63. The number of hydrogen-bond acceptors (Lipinski definition) is 3. The Hall–Kier alpha value is -1.37. The largest absolute Gasteiger partial charge is 0.332 e. The lowest BCUT2D eigenvalue weighted by Gasteiger charge is -2.14. The standard InChI is InChI=1S/C12H14ClN3O2S/c1-8(10-5-3-4-6-11(10)13)16-19(17,18)12-7-14-9(2)15-12/h3-8,16H,1-2H3,(H,14,15). The van der Waals surface area contributed by atoms with Crippen molar-refractivity contribution in [2.45, 2.75) is 24.9 Å². The predicted octanol–water partition coefficient (Wildman–Crippen LogP) is 2.41. The molecule has 0 fully saturated rings. The van der Waals surface area contributed by atoms with Crippen LogP contribution in [0.4, 0.5) is 0 Å². The van der Waals surface area contributed by atoms with Gasteiger partial charge < -0.3 is 4.98 Å². The van der Waals surface area contributed by atoms with E-state index in [1.54, 1.807) is 32.0 Å². The molecule has 0 bridgehead atoms. The van der Waals surface area contributed by atoms with Crippen LogP contribution in [0.1, 0.15) is 24.4 Å². The molecule has 0 saturated heterocycles. The third kappa shape index (κ3) is 3.15. The molecule has 5 nitrogen and oxygen atoms in total. The van der Waals surface area contributed by atoms with E-state index in [1.807, 2.05) is 6.07 Å². The number of rotatable bonds is 4. The van der Waals surface area contributed by atoms with Gasteiger partial charge in [-0.15, -0.1) is 0 Å². The second-order valence-electron chi connectivity index (χ2n) is 4.20. The number of nitrogens with one attached hydrogen (secondary N) is 2. The fourth-order valence-electron chi connectivity index (χ4n) is 1.72. The molecule has 1 aromatic heterocycles. The lowest BCUT2D eigenvalue weighted by Crippen LogP contribution is -2.27. The summed E-state index contributed by atoms with van der Waals surface area (Å²) in [6.45, 7) is 3.43. The molecule has 2 aromatic rings. The maximum absolute atomic E-state index is 12.1. The molecular formula is C12H14ClN3O2S. The highest BCUT2D eigenvalue weighted by Crippen LogP contribution is 2.23. The van der Waals surface area contributed by atoms with E-state index in [0.717, 1.165) is 5.56 Å². The summed E-state index contributed by atoms with van der Waals surface area (Å²) in [6, 6.07) is 6.69. The molecule has 102 valence electrons. The first-order chi connectivity index (χ1) is 8.90. The van der Waals surface area contributed by atoms with Crippen molar-refractivity contribution >= 4 is 21.6 Å². The summed E-state index contributed by atoms with van der Waals surface area (Å²) in [5.74, 6) is 0.547. The molecule has 1 aromatic carbocycles. The number of aromatic amines is 1. The Morgan fingerprint density at radius 2 is 2.05 bits per heavy atom. The number of hydrogen-bond donors (Lipinski definition) is 2. The van der Waals surface area contributed by atoms with Gasteiger partial charge in [0, 0.05) is 11.1 Å². The van der Waals surface area contributed by atoms with Gasteiger partial charge >= 0.3 is 0 Å². The molecule has 19 heavy (non-hydrogen) atoms. The van der Waals surface area contributed by atoms with E-state index < -0.39 is 16.1 Å². The van der Waals surface area contributed by atoms with E-state index >= 15 is 0 Å². The third-order valence-corrected chi connectivity index (χ3v) is 4.47. The number of aromatic nitrogens is 2. The Morgan fingerprint density at radius 1 is 1.37 bits per heavy atom. The number of sulfonamides is 1. The maximum atomic E-state index is 12.1. The first-order valence-electron chi connectivity index (χ1n) is 5.68. The average molecular weight is 300 g/mol. The first kappa shape index (κ1) is 14.0. The van der Waals surface area contributed by atoms with Crippen molar-refractivity contribution < 1.29 is 8.42 Å². The Kier molecular flexibility index (Phi) is 3.93. The minimum absolute atomic E-state index is 0.0453. The summed E-state index contributed by atoms with van der Waals surface area (Å²) >= 11 is 6.04. The zero-order chi connectivity index (χ0) is 14.0. The van der Waals surface area contributed by atoms with Crippen LogP contribution < -0.4 is 4.72 Å². The summed E-state index contributed by atoms with van der Waals surface area (Å²) in [5.41, 5.74) is 0.726. The molecule has 0 spiro atoms. The highest BCUT2D eigenvalue weighted by atomic mass is 35.5. The minimum atomic E-state index is -3.63. The fourth-order valence-corrected chi connectivity index (χ4v) is 3.21. The monoisotopic (exact) mass is 299 g/mol. The molecule has 0 aliphatic heterocycles. The van der Waals surface area contributed by atoms with Crippen molar-refractivity contribution in [2.24, 2.45) is 0 Å². The van der Waals surface area contributed by atoms with Gasteiger partial charge in [-0.25, -0.2) is 18.1 Å². The van der Waals surface area contributed by atoms with Gasteiger partial charge in [0.2, 0.25) is 0 Å². The molecule has 0 amide bonds. The highest BCUT2D eigenvalue weighted by molar-refractivity contribution is 7.89. The van der Waals surface area contributed by atoms with Crippen molar-refractivity contribution in [2.75, 3.05) is 0 Å². The summed E-state index contributed by atoms with van der Waals surface area (Å²) in [5, 5.41) is 0.572. The molecule has 7 heteroatoms. The Bertz CT molecular complexity index is 682. The zero-order valence-electron chi connectivity index (χ0n) is 10.5. The van der Waals surface area contributed by atoms with Crippen LogP contribution >= 0.6 is 11.6 Å². The van der Waals surface area contributed by atoms with Gasteiger partial charge in [-0.3, -0.25) is 0 Å². The highest BCUT2D eigenvalue weighted by Gasteiger charge is 2.21. The van der Waals surface area contributed by atoms with Crippen molar-refractivity contribution in [3.05, 3.63) is 46.9 Å². The first-order valence-corrected chi connectivity index (χ1v) is 7.54. The Balaban J connectivity index is 2.24. The number of aryl methyl sites for hydroxylation is 1. The molecule has 2 N–H and O–H groups in total. The van der Waals surface area contributed by atoms with Crippen molar-refractivity contribution in [1.82, 2.24) is 14.7 Å². The van der Waals surface area contributed by atoms with E-state index in [9.17, 15) is 8.42 Å². The van der Waals surface area contributed by atoms with E-state index in [-0.39, 0.29) is 5.03 Å². The van der Waals surface area contributed by atoms with Crippen LogP contribution in [-0.2, 0) is 10.0 Å². The second kappa shape index (κ2) is 5.32. The van der Waals surface area contributed by atoms with E-state index in [1.165, 1.54) is 6.20 Å². The molecule has 0 saturated carbocycles. The van der Waals surface area contributed by atoms with Gasteiger partial charge in [-0.1, -0.05) is 29.8 Å². The molecule has 0 radical (unpaired) electrons. The lowest BCUT2D eigenvalue weighted by atomic mass is 10.1. The normalized spacial score (nSPS) is 13.4. The van der Waals surface area contributed by atoms with Crippen molar-refractivity contribution in [1.29, 1.82) is 0 Å². The number of H-pyrrole nitrogens is 1. The minimum Gasteiger partial charge on any atom is -0.332 e. The zero-order valence-corrected chi connectivity index (χ0v) is 12.1. The summed E-state index contributed by atoms with van der Waals surface area (Å²) < 4.78 is 26.8. The van der Waals surface area contributed by atoms with E-state index in [0.29, 0.717) is 10.8 Å². The molecule has 1 atom stereocenters. The van der Waals surface area contributed by atoms with Crippen LogP contribution in [0, 0.1) is 6.92 Å². The van der Waals surface area contributed by atoms with Crippen LogP contribution in [0.3, 0.4) is 0 Å². The maximum Gasteiger partial charge on any atom is 0.258 e. The van der Waals surface area contributed by atoms with E-state index in [4.69, 9.17) is 11.6 Å². The van der Waals surface area contributed by atoms with Gasteiger partial charge in [0.05, 0.1) is 6.20 Å². The molecule has 0 aliphatic rings. The van der Waals surface area contributed by atoms with Crippen molar-refractivity contribution in [3.8, 4) is 0 Å². The fraction of sp³-hybridized carbons (Fsp3) is 0.250. The van der Waals surface area contributed by atoms with Gasteiger partial charge in [0.25, 0.3) is 10.0 Å². The number of nitrogens with zero attached hydrogens (tertiary/aromatic N) is 1. The molecule has 1 unspecified atom stereocenters. The number of halogens is 1. The van der Waals surface area contributed by atoms with Crippen molar-refractivity contribution in [3.63, 3.8) is 0 Å². The van der Waals surface area contributed by atoms with E-state index in [2.05, 4.69) is 14.7 Å². The Labute approximate surface area is 117 Å². The predicted molar refractivity (Wildman–Crippen MR) is 73.5 cm³/mol. The molecular weight excluding hydrogens is 286 g/mol. The topological polar surface area (TPSA) is 74.8 Å². The summed E-state index contributed by atoms with van der Waals surface area (Å²) in [6.07, 6.45) is 1.29. The van der Waals surface area contributed by atoms with Crippen LogP contribution in [0.5, 0.6) is 0 Å². The van der Waals surface area contributed by atoms with Gasteiger partial charge in [-0.05, 0) is 25.5 Å². The quantitative estimate of drug-likeness (QED) is 0.910. The summed E-state index contributed by atoms with van der Waals surface area (Å²) in [4.78, 5) is 6.57. The van der Waals surface area contributed by atoms with Crippen LogP contribution in [0.25, 0.3) is 0 Å². The number of imidazole rings is 1. The molecule has 1 heterocycles. The van der Waals surface area contributed by atoms with Crippen LogP contribution in [0.2, 0.25) is 5.02 Å².